The van der Waals surface area contributed by atoms with Crippen LogP contribution >= 0.6 is 0 Å². The van der Waals surface area contributed by atoms with Crippen LogP contribution in [-0.4, -0.2) is 6.43 Å². The van der Waals surface area contributed by atoms with E-state index in [4.69, 9.17) is 0 Å². The molecule has 1 rings (SSSR count). The summed E-state index contributed by atoms with van der Waals surface area (Å²) in [5.74, 6) is 0.419. The first-order chi connectivity index (χ1) is 4.70. The summed E-state index contributed by atoms with van der Waals surface area (Å²) < 4.78 is 23.9. The number of hydrogen-bond donors (Lipinski definition) is 0. The summed E-state index contributed by atoms with van der Waals surface area (Å²) in [4.78, 5) is 0. The molecule has 0 amide bonds. The normalized spacial score (nSPS) is 25.2. The highest BCUT2D eigenvalue weighted by Gasteiger charge is 2.11. The summed E-state index contributed by atoms with van der Waals surface area (Å²) in [6.45, 7) is 2.01. The van der Waals surface area contributed by atoms with Crippen LogP contribution in [0.15, 0.2) is 23.8 Å². The number of hydrogen-bond acceptors (Lipinski definition) is 0. The van der Waals surface area contributed by atoms with Gasteiger partial charge in [-0.3, -0.25) is 0 Å². The van der Waals surface area contributed by atoms with Crippen molar-refractivity contribution in [1.82, 2.24) is 0 Å². The molecule has 0 N–H and O–H groups in total. The fourth-order valence-electron chi connectivity index (χ4n) is 0.906. The zero-order chi connectivity index (χ0) is 7.56. The summed E-state index contributed by atoms with van der Waals surface area (Å²) in [5, 5.41) is 0. The molecule has 0 spiro atoms. The molecule has 1 unspecified atom stereocenters. The Morgan fingerprint density at radius 1 is 1.60 bits per heavy atom. The van der Waals surface area contributed by atoms with Crippen LogP contribution in [0.1, 0.15) is 13.3 Å². The second kappa shape index (κ2) is 2.95. The maximum atomic E-state index is 11.9. The first kappa shape index (κ1) is 7.45. The van der Waals surface area contributed by atoms with Crippen molar-refractivity contribution in [2.75, 3.05) is 0 Å². The number of rotatable bonds is 1. The molecule has 0 aromatic carbocycles. The number of allylic oxidation sites excluding steroid dienone is 4. The molecule has 2 heteroatoms. The number of alkyl halides is 2. The number of halogens is 2. The van der Waals surface area contributed by atoms with Crippen molar-refractivity contribution < 1.29 is 8.78 Å². The van der Waals surface area contributed by atoms with Crippen LogP contribution in [-0.2, 0) is 0 Å². The third-order valence-electron chi connectivity index (χ3n) is 1.59. The van der Waals surface area contributed by atoms with Gasteiger partial charge >= 0.3 is 0 Å². The molecule has 0 bridgehead atoms. The van der Waals surface area contributed by atoms with Gasteiger partial charge in [-0.15, -0.1) is 0 Å². The average molecular weight is 144 g/mol. The third-order valence-corrected chi connectivity index (χ3v) is 1.59. The highest BCUT2D eigenvalue weighted by molar-refractivity contribution is 5.25. The molecule has 0 fully saturated rings. The maximum Gasteiger partial charge on any atom is 0.263 e. The Hall–Kier alpha value is -0.660. The van der Waals surface area contributed by atoms with Gasteiger partial charge in [0.2, 0.25) is 0 Å². The quantitative estimate of drug-likeness (QED) is 0.530. The van der Waals surface area contributed by atoms with Crippen molar-refractivity contribution in [2.24, 2.45) is 5.92 Å². The van der Waals surface area contributed by atoms with Gasteiger partial charge < -0.3 is 0 Å². The monoisotopic (exact) mass is 144 g/mol. The van der Waals surface area contributed by atoms with E-state index < -0.39 is 6.43 Å². The lowest BCUT2D eigenvalue weighted by molar-refractivity contribution is 0.193. The Labute approximate surface area is 59.2 Å². The fraction of sp³-hybridized carbons (Fsp3) is 0.500. The molecule has 10 heavy (non-hydrogen) atoms. The lowest BCUT2D eigenvalue weighted by atomic mass is 9.99. The Bertz CT molecular complexity index is 168. The van der Waals surface area contributed by atoms with Gasteiger partial charge in [0.05, 0.1) is 0 Å². The molecule has 0 aromatic rings. The smallest absolute Gasteiger partial charge is 0.205 e. The Morgan fingerprint density at radius 3 is 2.70 bits per heavy atom. The Kier molecular flexibility index (Phi) is 2.20. The first-order valence-electron chi connectivity index (χ1n) is 3.36. The van der Waals surface area contributed by atoms with Gasteiger partial charge in [-0.05, 0) is 12.3 Å². The summed E-state index contributed by atoms with van der Waals surface area (Å²) >= 11 is 0. The molecule has 0 saturated heterocycles. The summed E-state index contributed by atoms with van der Waals surface area (Å²) in [6, 6.07) is 0. The molecule has 1 aliphatic rings. The summed E-state index contributed by atoms with van der Waals surface area (Å²) in [7, 11) is 0. The summed E-state index contributed by atoms with van der Waals surface area (Å²) in [6.07, 6.45) is 3.38. The molecule has 1 aliphatic carbocycles. The van der Waals surface area contributed by atoms with Crippen LogP contribution in [0.4, 0.5) is 8.78 Å². The van der Waals surface area contributed by atoms with E-state index in [0.717, 1.165) is 6.42 Å². The topological polar surface area (TPSA) is 0 Å². The SMILES string of the molecule is CC1C=CC(C(F)F)=CC1. The molecule has 56 valence electrons. The van der Waals surface area contributed by atoms with E-state index in [1.165, 1.54) is 6.08 Å². The van der Waals surface area contributed by atoms with E-state index in [0.29, 0.717) is 5.92 Å². The van der Waals surface area contributed by atoms with E-state index in [2.05, 4.69) is 0 Å². The van der Waals surface area contributed by atoms with Crippen LogP contribution in [0.5, 0.6) is 0 Å². The van der Waals surface area contributed by atoms with E-state index in [9.17, 15) is 8.78 Å². The zero-order valence-corrected chi connectivity index (χ0v) is 5.85. The third kappa shape index (κ3) is 1.66. The van der Waals surface area contributed by atoms with Crippen molar-refractivity contribution in [3.63, 3.8) is 0 Å². The maximum absolute atomic E-state index is 11.9. The van der Waals surface area contributed by atoms with Crippen molar-refractivity contribution in [1.29, 1.82) is 0 Å². The molecule has 0 aliphatic heterocycles. The van der Waals surface area contributed by atoms with Gasteiger partial charge in [0.1, 0.15) is 0 Å². The Balaban J connectivity index is 2.59. The predicted molar refractivity (Wildman–Crippen MR) is 37.0 cm³/mol. The standard InChI is InChI=1S/C8H10F2/c1-6-2-4-7(5-3-6)8(9)10/h2,4-6,8H,3H2,1H3. The second-order valence-electron chi connectivity index (χ2n) is 2.58. The predicted octanol–water partition coefficient (Wildman–Crippen LogP) is 2.77. The molecule has 0 saturated carbocycles. The molecular weight excluding hydrogens is 134 g/mol. The lowest BCUT2D eigenvalue weighted by Gasteiger charge is -2.09. The largest absolute Gasteiger partial charge is 0.263 e. The average Bonchev–Trinajstić information content (AvgIpc) is 1.88. The van der Waals surface area contributed by atoms with Crippen LogP contribution in [0, 0.1) is 5.92 Å². The van der Waals surface area contributed by atoms with Gasteiger partial charge in [-0.1, -0.05) is 25.2 Å². The van der Waals surface area contributed by atoms with E-state index >= 15 is 0 Å². The van der Waals surface area contributed by atoms with Crippen LogP contribution in [0.3, 0.4) is 0 Å². The van der Waals surface area contributed by atoms with Gasteiger partial charge in [0, 0.05) is 5.57 Å². The molecule has 0 heterocycles. The zero-order valence-electron chi connectivity index (χ0n) is 5.85. The summed E-state index contributed by atoms with van der Waals surface area (Å²) in [5.41, 5.74) is 0.165. The van der Waals surface area contributed by atoms with Crippen molar-refractivity contribution in [3.8, 4) is 0 Å². The minimum Gasteiger partial charge on any atom is -0.205 e. The van der Waals surface area contributed by atoms with Gasteiger partial charge in [-0.25, -0.2) is 8.78 Å². The molecule has 1 atom stereocenters. The van der Waals surface area contributed by atoms with Crippen molar-refractivity contribution in [2.45, 2.75) is 19.8 Å². The van der Waals surface area contributed by atoms with Crippen molar-refractivity contribution >= 4 is 0 Å². The lowest BCUT2D eigenvalue weighted by Crippen LogP contribution is -2.00. The van der Waals surface area contributed by atoms with Crippen LogP contribution in [0.2, 0.25) is 0 Å². The first-order valence-corrected chi connectivity index (χ1v) is 3.36. The molecule has 0 aromatic heterocycles. The highest BCUT2D eigenvalue weighted by atomic mass is 19.3. The van der Waals surface area contributed by atoms with E-state index in [1.807, 2.05) is 13.0 Å². The molecule has 0 nitrogen and oxygen atoms in total. The second-order valence-corrected chi connectivity index (χ2v) is 2.58. The van der Waals surface area contributed by atoms with Crippen LogP contribution < -0.4 is 0 Å². The highest BCUT2D eigenvalue weighted by Crippen LogP contribution is 2.19. The van der Waals surface area contributed by atoms with Crippen LogP contribution in [0.25, 0.3) is 0 Å². The Morgan fingerprint density at radius 2 is 2.30 bits per heavy atom. The minimum absolute atomic E-state index is 0.165. The van der Waals surface area contributed by atoms with Gasteiger partial charge in [0.25, 0.3) is 6.43 Å². The molecule has 0 radical (unpaired) electrons. The van der Waals surface area contributed by atoms with E-state index in [-0.39, 0.29) is 5.57 Å². The fourth-order valence-corrected chi connectivity index (χ4v) is 0.906. The van der Waals surface area contributed by atoms with Gasteiger partial charge in [0.15, 0.2) is 0 Å². The van der Waals surface area contributed by atoms with E-state index in [1.54, 1.807) is 6.08 Å². The van der Waals surface area contributed by atoms with Gasteiger partial charge in [-0.2, -0.15) is 0 Å². The van der Waals surface area contributed by atoms with Crippen molar-refractivity contribution in [3.05, 3.63) is 23.8 Å². The minimum atomic E-state index is -2.30. The molecular formula is C8H10F2.